The first kappa shape index (κ1) is 18.3. The molecule has 0 radical (unpaired) electrons. The lowest BCUT2D eigenvalue weighted by Crippen LogP contribution is -2.50. The average Bonchev–Trinajstić information content (AvgIpc) is 3.36. The fourth-order valence-electron chi connectivity index (χ4n) is 6.01. The lowest BCUT2D eigenvalue weighted by Gasteiger charge is -2.53. The standard InChI is InChI=1S/C24H28N4O2/c1-4-24-11-7-12-27-13-10-16-15-8-5-6-9-17(15)28(19(16)20(24)27)18(14-24)21-25-22(26-30-21)23(2,3)29/h5-6,8-9,14,20,29H,4,7,10-13H2,1-3H3/t20?,24-/m0/s1. The highest BCUT2D eigenvalue weighted by molar-refractivity contribution is 5.91. The Labute approximate surface area is 176 Å². The van der Waals surface area contributed by atoms with E-state index < -0.39 is 5.60 Å². The molecule has 3 aromatic rings. The van der Waals surface area contributed by atoms with Gasteiger partial charge in [-0.25, -0.2) is 0 Å². The molecule has 0 amide bonds. The third kappa shape index (κ3) is 2.32. The lowest BCUT2D eigenvalue weighted by molar-refractivity contribution is 0.0269. The minimum atomic E-state index is -1.14. The van der Waals surface area contributed by atoms with E-state index in [0.717, 1.165) is 25.1 Å². The van der Waals surface area contributed by atoms with Crippen LogP contribution >= 0.6 is 0 Å². The van der Waals surface area contributed by atoms with Crippen molar-refractivity contribution in [1.82, 2.24) is 19.6 Å². The molecule has 1 N–H and O–H groups in total. The number of piperidine rings is 1. The molecule has 0 bridgehead atoms. The van der Waals surface area contributed by atoms with Crippen molar-refractivity contribution in [3.63, 3.8) is 0 Å². The summed E-state index contributed by atoms with van der Waals surface area (Å²) in [6, 6.07) is 9.07. The van der Waals surface area contributed by atoms with Crippen molar-refractivity contribution in [1.29, 1.82) is 0 Å². The molecule has 2 aromatic heterocycles. The van der Waals surface area contributed by atoms with Gasteiger partial charge in [-0.05, 0) is 63.8 Å². The van der Waals surface area contributed by atoms with Gasteiger partial charge in [0, 0.05) is 23.0 Å². The van der Waals surface area contributed by atoms with Crippen LogP contribution in [0.2, 0.25) is 0 Å². The maximum absolute atomic E-state index is 10.4. The van der Waals surface area contributed by atoms with Gasteiger partial charge in [0.05, 0.1) is 11.6 Å². The van der Waals surface area contributed by atoms with Crippen LogP contribution < -0.4 is 0 Å². The minimum absolute atomic E-state index is 0.0660. The molecular weight excluding hydrogens is 376 g/mol. The van der Waals surface area contributed by atoms with Crippen LogP contribution in [0.5, 0.6) is 0 Å². The number of nitrogens with zero attached hydrogens (tertiary/aromatic N) is 4. The Balaban J connectivity index is 1.67. The Hall–Kier alpha value is -2.44. The Morgan fingerprint density at radius 3 is 2.87 bits per heavy atom. The van der Waals surface area contributed by atoms with Crippen molar-refractivity contribution in [2.24, 2.45) is 5.41 Å². The van der Waals surface area contributed by atoms with Crippen LogP contribution in [-0.2, 0) is 12.0 Å². The third-order valence-electron chi connectivity index (χ3n) is 7.44. The first-order chi connectivity index (χ1) is 14.4. The number of aliphatic hydroxyl groups is 1. The lowest BCUT2D eigenvalue weighted by atomic mass is 9.66. The van der Waals surface area contributed by atoms with Crippen molar-refractivity contribution in [3.8, 4) is 0 Å². The van der Waals surface area contributed by atoms with Crippen molar-refractivity contribution >= 4 is 16.6 Å². The molecule has 1 saturated heterocycles. The molecule has 6 heteroatoms. The fraction of sp³-hybridized carbons (Fsp3) is 0.500. The third-order valence-corrected chi connectivity index (χ3v) is 7.44. The molecule has 0 aliphatic carbocycles. The molecule has 1 unspecified atom stereocenters. The maximum atomic E-state index is 10.4. The number of hydrogen-bond donors (Lipinski definition) is 1. The van der Waals surface area contributed by atoms with Gasteiger partial charge in [0.1, 0.15) is 11.3 Å². The van der Waals surface area contributed by atoms with Crippen LogP contribution in [0.4, 0.5) is 0 Å². The summed E-state index contributed by atoms with van der Waals surface area (Å²) in [6.45, 7) is 7.97. The van der Waals surface area contributed by atoms with Gasteiger partial charge in [0.15, 0.2) is 0 Å². The van der Waals surface area contributed by atoms with Crippen LogP contribution in [0, 0.1) is 5.41 Å². The molecule has 30 heavy (non-hydrogen) atoms. The fourth-order valence-corrected chi connectivity index (χ4v) is 6.01. The van der Waals surface area contributed by atoms with E-state index in [-0.39, 0.29) is 5.41 Å². The zero-order valence-electron chi connectivity index (χ0n) is 17.9. The number of para-hydroxylation sites is 1. The summed E-state index contributed by atoms with van der Waals surface area (Å²) in [5.74, 6) is 0.811. The summed E-state index contributed by atoms with van der Waals surface area (Å²) in [5, 5.41) is 15.8. The van der Waals surface area contributed by atoms with E-state index in [9.17, 15) is 5.11 Å². The van der Waals surface area contributed by atoms with E-state index in [1.807, 2.05) is 0 Å². The molecule has 0 spiro atoms. The predicted molar refractivity (Wildman–Crippen MR) is 115 cm³/mol. The van der Waals surface area contributed by atoms with Gasteiger partial charge in [-0.2, -0.15) is 4.98 Å². The Morgan fingerprint density at radius 2 is 2.10 bits per heavy atom. The Morgan fingerprint density at radius 1 is 1.27 bits per heavy atom. The van der Waals surface area contributed by atoms with Gasteiger partial charge in [-0.15, -0.1) is 0 Å². The molecule has 1 fully saturated rings. The SMILES string of the molecule is CC[C@@]12C=C(c3nc(C(C)(C)O)no3)n3c4c(c5ccccc53)CCN(CCC1)C42. The summed E-state index contributed by atoms with van der Waals surface area (Å²) in [5.41, 5.74) is 3.98. The summed E-state index contributed by atoms with van der Waals surface area (Å²) in [7, 11) is 0. The second-order valence-corrected chi connectivity index (χ2v) is 9.61. The molecule has 3 aliphatic heterocycles. The number of benzene rings is 1. The largest absolute Gasteiger partial charge is 0.382 e. The Kier molecular flexibility index (Phi) is 3.70. The van der Waals surface area contributed by atoms with E-state index in [1.165, 1.54) is 41.5 Å². The molecule has 6 rings (SSSR count). The second-order valence-electron chi connectivity index (χ2n) is 9.61. The topological polar surface area (TPSA) is 67.3 Å². The highest BCUT2D eigenvalue weighted by atomic mass is 16.5. The van der Waals surface area contributed by atoms with Gasteiger partial charge < -0.3 is 14.2 Å². The quantitative estimate of drug-likeness (QED) is 0.707. The summed E-state index contributed by atoms with van der Waals surface area (Å²) in [6.07, 6.45) is 6.93. The molecule has 156 valence electrons. The van der Waals surface area contributed by atoms with Crippen molar-refractivity contribution < 1.29 is 9.63 Å². The number of hydrogen-bond acceptors (Lipinski definition) is 5. The second kappa shape index (κ2) is 6.05. The van der Waals surface area contributed by atoms with E-state index in [0.29, 0.717) is 17.8 Å². The molecule has 2 atom stereocenters. The van der Waals surface area contributed by atoms with E-state index in [4.69, 9.17) is 4.52 Å². The van der Waals surface area contributed by atoms with Crippen molar-refractivity contribution in [2.45, 2.75) is 58.1 Å². The predicted octanol–water partition coefficient (Wildman–Crippen LogP) is 4.24. The summed E-state index contributed by atoms with van der Waals surface area (Å²) in [4.78, 5) is 7.32. The van der Waals surface area contributed by atoms with Gasteiger partial charge in [-0.1, -0.05) is 30.3 Å². The van der Waals surface area contributed by atoms with Gasteiger partial charge in [0.2, 0.25) is 5.82 Å². The first-order valence-corrected chi connectivity index (χ1v) is 11.1. The number of fused-ring (bicyclic) bond motifs is 3. The van der Waals surface area contributed by atoms with Crippen LogP contribution in [-0.4, -0.2) is 37.8 Å². The minimum Gasteiger partial charge on any atom is -0.382 e. The Bertz CT molecular complexity index is 1180. The average molecular weight is 405 g/mol. The monoisotopic (exact) mass is 404 g/mol. The highest BCUT2D eigenvalue weighted by Gasteiger charge is 2.51. The van der Waals surface area contributed by atoms with Gasteiger partial charge in [0.25, 0.3) is 5.89 Å². The van der Waals surface area contributed by atoms with Crippen LogP contribution in [0.25, 0.3) is 16.6 Å². The van der Waals surface area contributed by atoms with Crippen molar-refractivity contribution in [2.75, 3.05) is 13.1 Å². The van der Waals surface area contributed by atoms with Crippen LogP contribution in [0.3, 0.4) is 0 Å². The normalized spacial score (nSPS) is 26.0. The highest BCUT2D eigenvalue weighted by Crippen LogP contribution is 2.57. The van der Waals surface area contributed by atoms with E-state index in [2.05, 4.69) is 56.9 Å². The first-order valence-electron chi connectivity index (χ1n) is 11.1. The molecule has 3 aliphatic rings. The van der Waals surface area contributed by atoms with Crippen molar-refractivity contribution in [3.05, 3.63) is 53.3 Å². The van der Waals surface area contributed by atoms with E-state index in [1.54, 1.807) is 13.8 Å². The summed E-state index contributed by atoms with van der Waals surface area (Å²) < 4.78 is 8.10. The molecule has 0 saturated carbocycles. The van der Waals surface area contributed by atoms with Crippen LogP contribution in [0.1, 0.15) is 69.0 Å². The molecule has 5 heterocycles. The molecular formula is C24H28N4O2. The van der Waals surface area contributed by atoms with Gasteiger partial charge in [-0.3, -0.25) is 4.90 Å². The van der Waals surface area contributed by atoms with E-state index >= 15 is 0 Å². The zero-order chi connectivity index (χ0) is 20.7. The molecule has 6 nitrogen and oxygen atoms in total. The maximum Gasteiger partial charge on any atom is 0.274 e. The smallest absolute Gasteiger partial charge is 0.274 e. The van der Waals surface area contributed by atoms with Gasteiger partial charge >= 0.3 is 0 Å². The van der Waals surface area contributed by atoms with Crippen LogP contribution in [0.15, 0.2) is 34.9 Å². The molecule has 1 aromatic carbocycles. The summed E-state index contributed by atoms with van der Waals surface area (Å²) >= 11 is 0. The zero-order valence-corrected chi connectivity index (χ0v) is 17.9. The number of aromatic nitrogens is 3. The number of rotatable bonds is 3.